The minimum absolute atomic E-state index is 0.0928. The van der Waals surface area contributed by atoms with Gasteiger partial charge in [-0.25, -0.2) is 0 Å². The van der Waals surface area contributed by atoms with E-state index >= 15 is 0 Å². The highest BCUT2D eigenvalue weighted by Gasteiger charge is 2.41. The van der Waals surface area contributed by atoms with E-state index in [4.69, 9.17) is 4.74 Å². The van der Waals surface area contributed by atoms with Gasteiger partial charge < -0.3 is 14.5 Å². The summed E-state index contributed by atoms with van der Waals surface area (Å²) in [6.45, 7) is 7.98. The molecule has 1 aromatic rings. The number of allylic oxidation sites excluding steroid dienone is 1. The highest BCUT2D eigenvalue weighted by Crippen LogP contribution is 2.42. The number of carbonyl (C=O) groups excluding carboxylic acids is 1. The summed E-state index contributed by atoms with van der Waals surface area (Å²) in [6.07, 6.45) is 9.53. The summed E-state index contributed by atoms with van der Waals surface area (Å²) in [5.74, 6) is 1.54. The first-order valence-corrected chi connectivity index (χ1v) is 12.1. The van der Waals surface area contributed by atoms with E-state index in [1.807, 2.05) is 0 Å². The van der Waals surface area contributed by atoms with E-state index in [2.05, 4.69) is 47.1 Å². The number of nitrogens with zero attached hydrogens (tertiary/aromatic N) is 2. The molecule has 4 atom stereocenters. The Labute approximate surface area is 181 Å². The lowest BCUT2D eigenvalue weighted by molar-refractivity contribution is -0.134. The lowest BCUT2D eigenvalue weighted by Gasteiger charge is -2.26. The van der Waals surface area contributed by atoms with Gasteiger partial charge in [-0.1, -0.05) is 30.3 Å². The van der Waals surface area contributed by atoms with Crippen molar-refractivity contribution in [2.24, 2.45) is 17.8 Å². The molecule has 3 fully saturated rings. The third-order valence-corrected chi connectivity index (χ3v) is 8.00. The Kier molecular flexibility index (Phi) is 5.97. The topological polar surface area (TPSA) is 32.8 Å². The summed E-state index contributed by atoms with van der Waals surface area (Å²) in [7, 11) is 0. The van der Waals surface area contributed by atoms with Gasteiger partial charge in [-0.3, -0.25) is 4.79 Å². The van der Waals surface area contributed by atoms with E-state index in [1.54, 1.807) is 0 Å². The van der Waals surface area contributed by atoms with Crippen LogP contribution in [0.4, 0.5) is 0 Å². The number of ether oxygens (including phenoxy) is 1. The van der Waals surface area contributed by atoms with Crippen LogP contribution in [0, 0.1) is 17.8 Å². The summed E-state index contributed by atoms with van der Waals surface area (Å²) in [6, 6.07) is 10.1. The van der Waals surface area contributed by atoms with Crippen molar-refractivity contribution in [3.63, 3.8) is 0 Å². The van der Waals surface area contributed by atoms with Crippen molar-refractivity contribution in [3.05, 3.63) is 41.5 Å². The average molecular weight is 409 g/mol. The Morgan fingerprint density at radius 3 is 2.73 bits per heavy atom. The summed E-state index contributed by atoms with van der Waals surface area (Å²) in [5, 5.41) is 0. The average Bonchev–Trinajstić information content (AvgIpc) is 3.52. The van der Waals surface area contributed by atoms with Crippen molar-refractivity contribution < 1.29 is 9.53 Å². The zero-order valence-corrected chi connectivity index (χ0v) is 18.4. The number of amides is 1. The van der Waals surface area contributed by atoms with Gasteiger partial charge in [0.25, 0.3) is 0 Å². The SMILES string of the molecule is C[C@@H]1CCCN1CCc1ccc(C2=CCC[C@@H]3CN(C(=O)C4CCOC4)C[C@H]23)cc1. The number of hydrogen-bond acceptors (Lipinski definition) is 3. The van der Waals surface area contributed by atoms with Crippen LogP contribution >= 0.6 is 0 Å². The molecule has 5 rings (SSSR count). The molecule has 3 saturated heterocycles. The number of carbonyl (C=O) groups is 1. The fraction of sp³-hybridized carbons (Fsp3) is 0.654. The van der Waals surface area contributed by atoms with E-state index < -0.39 is 0 Å². The van der Waals surface area contributed by atoms with Gasteiger partial charge in [0.05, 0.1) is 12.5 Å². The van der Waals surface area contributed by atoms with Crippen molar-refractivity contribution in [2.75, 3.05) is 39.4 Å². The maximum Gasteiger partial charge on any atom is 0.228 e. The molecule has 4 nitrogen and oxygen atoms in total. The molecule has 0 radical (unpaired) electrons. The number of rotatable bonds is 5. The molecular weight excluding hydrogens is 372 g/mol. The van der Waals surface area contributed by atoms with Gasteiger partial charge >= 0.3 is 0 Å². The van der Waals surface area contributed by atoms with E-state index in [9.17, 15) is 4.79 Å². The molecule has 0 bridgehead atoms. The van der Waals surface area contributed by atoms with E-state index in [1.165, 1.54) is 49.1 Å². The Morgan fingerprint density at radius 2 is 2.00 bits per heavy atom. The van der Waals surface area contributed by atoms with Crippen molar-refractivity contribution in [1.82, 2.24) is 9.80 Å². The van der Waals surface area contributed by atoms with Gasteiger partial charge in [0.1, 0.15) is 0 Å². The normalized spacial score (nSPS) is 31.8. The van der Waals surface area contributed by atoms with E-state index in [0.717, 1.165) is 45.0 Å². The maximum absolute atomic E-state index is 12.9. The molecule has 1 amide bonds. The standard InChI is InChI=1S/C26H36N2O2/c1-19-4-3-13-27(19)14-11-20-7-9-21(10-8-20)24-6-2-5-22-16-28(17-25(22)24)26(29)23-12-15-30-18-23/h6-10,19,22-23,25H,2-5,11-18H2,1H3/t19-,22-,23?,25+/m1/s1. The van der Waals surface area contributed by atoms with Crippen LogP contribution in [0.3, 0.4) is 0 Å². The minimum atomic E-state index is 0.0928. The second-order valence-corrected chi connectivity index (χ2v) is 9.88. The molecule has 1 unspecified atom stereocenters. The first kappa shape index (κ1) is 20.3. The second kappa shape index (κ2) is 8.84. The van der Waals surface area contributed by atoms with Crippen molar-refractivity contribution in [2.45, 2.75) is 51.5 Å². The highest BCUT2D eigenvalue weighted by atomic mass is 16.5. The van der Waals surface area contributed by atoms with E-state index in [-0.39, 0.29) is 5.92 Å². The van der Waals surface area contributed by atoms with Crippen LogP contribution < -0.4 is 0 Å². The van der Waals surface area contributed by atoms with Gasteiger partial charge in [0.2, 0.25) is 5.91 Å². The number of fused-ring (bicyclic) bond motifs is 1. The summed E-state index contributed by atoms with van der Waals surface area (Å²) in [5.41, 5.74) is 4.28. The number of benzene rings is 1. The predicted octanol–water partition coefficient (Wildman–Crippen LogP) is 4.00. The molecule has 0 N–H and O–H groups in total. The minimum Gasteiger partial charge on any atom is -0.381 e. The zero-order chi connectivity index (χ0) is 20.5. The molecule has 1 aliphatic carbocycles. The Hall–Kier alpha value is -1.65. The van der Waals surface area contributed by atoms with Crippen molar-refractivity contribution in [1.29, 1.82) is 0 Å². The van der Waals surface area contributed by atoms with Crippen LogP contribution in [0.2, 0.25) is 0 Å². The third kappa shape index (κ3) is 4.09. The summed E-state index contributed by atoms with van der Waals surface area (Å²) < 4.78 is 5.45. The molecular formula is C26H36N2O2. The van der Waals surface area contributed by atoms with Crippen LogP contribution in [0.1, 0.15) is 50.2 Å². The second-order valence-electron chi connectivity index (χ2n) is 9.88. The lowest BCUT2D eigenvalue weighted by atomic mass is 9.78. The predicted molar refractivity (Wildman–Crippen MR) is 120 cm³/mol. The van der Waals surface area contributed by atoms with E-state index in [0.29, 0.717) is 24.3 Å². The van der Waals surface area contributed by atoms with Crippen LogP contribution in [0.25, 0.3) is 5.57 Å². The van der Waals surface area contributed by atoms with Gasteiger partial charge in [0.15, 0.2) is 0 Å². The summed E-state index contributed by atoms with van der Waals surface area (Å²) in [4.78, 5) is 17.7. The first-order valence-electron chi connectivity index (χ1n) is 12.1. The fourth-order valence-corrected chi connectivity index (χ4v) is 6.08. The molecule has 162 valence electrons. The third-order valence-electron chi connectivity index (χ3n) is 8.00. The molecule has 4 aliphatic rings. The molecule has 0 saturated carbocycles. The number of likely N-dealkylation sites (tertiary alicyclic amines) is 2. The molecule has 3 heterocycles. The van der Waals surface area contributed by atoms with Crippen molar-refractivity contribution >= 4 is 11.5 Å². The molecule has 0 spiro atoms. The van der Waals surface area contributed by atoms with Gasteiger partial charge in [-0.05, 0) is 74.6 Å². The Bertz CT molecular complexity index is 781. The highest BCUT2D eigenvalue weighted by molar-refractivity contribution is 5.80. The van der Waals surface area contributed by atoms with Gasteiger partial charge in [0, 0.05) is 38.2 Å². The van der Waals surface area contributed by atoms with Gasteiger partial charge in [-0.2, -0.15) is 0 Å². The lowest BCUT2D eigenvalue weighted by Crippen LogP contribution is -2.35. The Balaban J connectivity index is 1.22. The largest absolute Gasteiger partial charge is 0.381 e. The smallest absolute Gasteiger partial charge is 0.228 e. The zero-order valence-electron chi connectivity index (χ0n) is 18.4. The quantitative estimate of drug-likeness (QED) is 0.738. The number of hydrogen-bond donors (Lipinski definition) is 0. The van der Waals surface area contributed by atoms with Crippen LogP contribution in [0.15, 0.2) is 30.3 Å². The molecule has 0 aromatic heterocycles. The molecule has 30 heavy (non-hydrogen) atoms. The molecule has 3 aliphatic heterocycles. The monoisotopic (exact) mass is 408 g/mol. The maximum atomic E-state index is 12.9. The fourth-order valence-electron chi connectivity index (χ4n) is 6.08. The van der Waals surface area contributed by atoms with Crippen LogP contribution in [-0.4, -0.2) is 61.1 Å². The van der Waals surface area contributed by atoms with Crippen LogP contribution in [-0.2, 0) is 16.0 Å². The van der Waals surface area contributed by atoms with Crippen molar-refractivity contribution in [3.8, 4) is 0 Å². The molecule has 4 heteroatoms. The Morgan fingerprint density at radius 1 is 1.13 bits per heavy atom. The van der Waals surface area contributed by atoms with Gasteiger partial charge in [-0.15, -0.1) is 0 Å². The molecule has 1 aromatic carbocycles. The van der Waals surface area contributed by atoms with Crippen LogP contribution in [0.5, 0.6) is 0 Å². The first-order chi connectivity index (χ1) is 14.7. The summed E-state index contributed by atoms with van der Waals surface area (Å²) >= 11 is 0.